The van der Waals surface area contributed by atoms with Crippen molar-refractivity contribution < 1.29 is 9.21 Å². The van der Waals surface area contributed by atoms with E-state index in [9.17, 15) is 4.79 Å². The van der Waals surface area contributed by atoms with Gasteiger partial charge in [0.2, 0.25) is 11.8 Å². The van der Waals surface area contributed by atoms with Crippen molar-refractivity contribution in [3.8, 4) is 34.0 Å². The highest BCUT2D eigenvalue weighted by atomic mass is 16.4. The molecule has 0 N–H and O–H groups in total. The Labute approximate surface area is 191 Å². The molecule has 4 nitrogen and oxygen atoms in total. The maximum atomic E-state index is 12.5. The maximum Gasteiger partial charge on any atom is 0.248 e. The first-order chi connectivity index (χ1) is 16.3. The summed E-state index contributed by atoms with van der Waals surface area (Å²) in [5.41, 5.74) is 5.47. The maximum absolute atomic E-state index is 12.5. The molecule has 1 aromatic heterocycles. The van der Waals surface area contributed by atoms with Crippen molar-refractivity contribution in [2.45, 2.75) is 0 Å². The second-order valence-corrected chi connectivity index (χ2v) is 7.54. The summed E-state index contributed by atoms with van der Waals surface area (Å²) in [6.07, 6.45) is 3.43. The molecule has 0 spiro atoms. The molecule has 158 valence electrons. The minimum absolute atomic E-state index is 0.0219. The first-order valence-corrected chi connectivity index (χ1v) is 10.6. The van der Waals surface area contributed by atoms with Crippen LogP contribution in [-0.4, -0.2) is 16.0 Å². The lowest BCUT2D eigenvalue weighted by Crippen LogP contribution is -1.93. The second kappa shape index (κ2) is 9.28. The van der Waals surface area contributed by atoms with Gasteiger partial charge in [-0.25, -0.2) is 0 Å². The monoisotopic (exact) mass is 428 g/mol. The molecule has 0 fully saturated rings. The van der Waals surface area contributed by atoms with Crippen molar-refractivity contribution in [3.05, 3.63) is 126 Å². The summed E-state index contributed by atoms with van der Waals surface area (Å²) >= 11 is 0. The van der Waals surface area contributed by atoms with Crippen LogP contribution in [0.25, 0.3) is 40.1 Å². The number of ketones is 1. The lowest BCUT2D eigenvalue weighted by atomic mass is 10.0. The van der Waals surface area contributed by atoms with Crippen LogP contribution in [0.5, 0.6) is 0 Å². The van der Waals surface area contributed by atoms with Gasteiger partial charge in [0.05, 0.1) is 0 Å². The van der Waals surface area contributed by atoms with Crippen molar-refractivity contribution in [2.24, 2.45) is 0 Å². The molecular formula is C29H20N2O2. The van der Waals surface area contributed by atoms with Gasteiger partial charge >= 0.3 is 0 Å². The van der Waals surface area contributed by atoms with E-state index in [1.54, 1.807) is 6.08 Å². The van der Waals surface area contributed by atoms with E-state index in [0.717, 1.165) is 27.8 Å². The summed E-state index contributed by atoms with van der Waals surface area (Å²) in [4.78, 5) is 12.5. The van der Waals surface area contributed by atoms with E-state index in [1.165, 1.54) is 0 Å². The first kappa shape index (κ1) is 20.3. The summed E-state index contributed by atoms with van der Waals surface area (Å²) in [6.45, 7) is 0. The molecule has 4 heteroatoms. The van der Waals surface area contributed by atoms with Crippen molar-refractivity contribution >= 4 is 11.9 Å². The molecular weight excluding hydrogens is 408 g/mol. The molecule has 0 amide bonds. The van der Waals surface area contributed by atoms with Gasteiger partial charge in [-0.05, 0) is 47.0 Å². The van der Waals surface area contributed by atoms with Gasteiger partial charge in [0.25, 0.3) is 0 Å². The topological polar surface area (TPSA) is 56.0 Å². The zero-order valence-corrected chi connectivity index (χ0v) is 17.8. The number of carbonyl (C=O) groups excluding carboxylic acids is 1. The Morgan fingerprint density at radius 2 is 1.06 bits per heavy atom. The summed E-state index contributed by atoms with van der Waals surface area (Å²) < 4.78 is 5.83. The standard InChI is InChI=1S/C29H20N2O2/c32-27(20-11-21-7-3-1-4-8-21)24-16-12-22(13-17-24)23-14-18-26(19-15-23)29-31-30-28(33-29)25-9-5-2-6-10-25/h1-20H. The minimum atomic E-state index is -0.0219. The lowest BCUT2D eigenvalue weighted by Gasteiger charge is -2.04. The Bertz CT molecular complexity index is 1390. The molecule has 0 radical (unpaired) electrons. The molecule has 33 heavy (non-hydrogen) atoms. The van der Waals surface area contributed by atoms with Gasteiger partial charge in [-0.2, -0.15) is 0 Å². The molecule has 0 aliphatic carbocycles. The van der Waals surface area contributed by atoms with E-state index in [1.807, 2.05) is 115 Å². The third kappa shape index (κ3) is 4.70. The van der Waals surface area contributed by atoms with Crippen LogP contribution in [0.1, 0.15) is 15.9 Å². The van der Waals surface area contributed by atoms with Crippen molar-refractivity contribution in [1.82, 2.24) is 10.2 Å². The number of rotatable bonds is 6. The van der Waals surface area contributed by atoms with Crippen LogP contribution in [0, 0.1) is 0 Å². The first-order valence-electron chi connectivity index (χ1n) is 10.6. The zero-order valence-electron chi connectivity index (χ0n) is 17.8. The van der Waals surface area contributed by atoms with Crippen molar-refractivity contribution in [1.29, 1.82) is 0 Å². The van der Waals surface area contributed by atoms with Gasteiger partial charge in [-0.3, -0.25) is 4.79 Å². The predicted molar refractivity (Wildman–Crippen MR) is 130 cm³/mol. The summed E-state index contributed by atoms with van der Waals surface area (Å²) in [5, 5.41) is 8.32. The highest BCUT2D eigenvalue weighted by molar-refractivity contribution is 6.07. The lowest BCUT2D eigenvalue weighted by molar-refractivity contribution is 0.104. The number of carbonyl (C=O) groups is 1. The van der Waals surface area contributed by atoms with Gasteiger partial charge in [0, 0.05) is 16.7 Å². The Balaban J connectivity index is 1.29. The Kier molecular flexibility index (Phi) is 5.72. The third-order valence-electron chi connectivity index (χ3n) is 5.31. The SMILES string of the molecule is O=C(C=Cc1ccccc1)c1ccc(-c2ccc(-c3nnc(-c4ccccc4)o3)cc2)cc1. The van der Waals surface area contributed by atoms with E-state index in [0.29, 0.717) is 17.3 Å². The van der Waals surface area contributed by atoms with Crippen LogP contribution in [0.15, 0.2) is 120 Å². The molecule has 4 aromatic carbocycles. The van der Waals surface area contributed by atoms with Gasteiger partial charge in [-0.15, -0.1) is 10.2 Å². The van der Waals surface area contributed by atoms with E-state index in [2.05, 4.69) is 10.2 Å². The van der Waals surface area contributed by atoms with Crippen LogP contribution >= 0.6 is 0 Å². The van der Waals surface area contributed by atoms with Crippen molar-refractivity contribution in [3.63, 3.8) is 0 Å². The fourth-order valence-corrected chi connectivity index (χ4v) is 3.50. The van der Waals surface area contributed by atoms with Crippen LogP contribution in [-0.2, 0) is 0 Å². The van der Waals surface area contributed by atoms with Crippen LogP contribution in [0.3, 0.4) is 0 Å². The van der Waals surface area contributed by atoms with Crippen molar-refractivity contribution in [2.75, 3.05) is 0 Å². The number of benzene rings is 4. The molecule has 1 heterocycles. The average Bonchev–Trinajstić information content (AvgIpc) is 3.39. The molecule has 5 aromatic rings. The smallest absolute Gasteiger partial charge is 0.248 e. The van der Waals surface area contributed by atoms with Gasteiger partial charge in [0.15, 0.2) is 5.78 Å². The molecule has 0 aliphatic heterocycles. The summed E-state index contributed by atoms with van der Waals surface area (Å²) in [6, 6.07) is 35.0. The molecule has 0 saturated heterocycles. The van der Waals surface area contributed by atoms with Gasteiger partial charge < -0.3 is 4.42 Å². The fraction of sp³-hybridized carbons (Fsp3) is 0. The minimum Gasteiger partial charge on any atom is -0.416 e. The number of hydrogen-bond acceptors (Lipinski definition) is 4. The highest BCUT2D eigenvalue weighted by Gasteiger charge is 2.10. The predicted octanol–water partition coefficient (Wildman–Crippen LogP) is 6.97. The Morgan fingerprint density at radius 3 is 1.67 bits per heavy atom. The van der Waals surface area contributed by atoms with E-state index in [4.69, 9.17) is 4.42 Å². The molecule has 0 saturated carbocycles. The molecule has 0 bridgehead atoms. The zero-order chi connectivity index (χ0) is 22.5. The number of allylic oxidation sites excluding steroid dienone is 1. The third-order valence-corrected chi connectivity index (χ3v) is 5.31. The van der Waals surface area contributed by atoms with E-state index < -0.39 is 0 Å². The van der Waals surface area contributed by atoms with Gasteiger partial charge in [0.1, 0.15) is 0 Å². The number of nitrogens with zero attached hydrogens (tertiary/aromatic N) is 2. The van der Waals surface area contributed by atoms with E-state index >= 15 is 0 Å². The number of aromatic nitrogens is 2. The molecule has 0 atom stereocenters. The quantitative estimate of drug-likeness (QED) is 0.216. The van der Waals surface area contributed by atoms with Gasteiger partial charge in [-0.1, -0.05) is 91.0 Å². The largest absolute Gasteiger partial charge is 0.416 e. The van der Waals surface area contributed by atoms with E-state index in [-0.39, 0.29) is 5.78 Å². The van der Waals surface area contributed by atoms with Crippen LogP contribution in [0.2, 0.25) is 0 Å². The highest BCUT2D eigenvalue weighted by Crippen LogP contribution is 2.27. The fourth-order valence-electron chi connectivity index (χ4n) is 3.50. The summed E-state index contributed by atoms with van der Waals surface area (Å²) in [5.74, 6) is 0.953. The Hall–Kier alpha value is -4.57. The van der Waals surface area contributed by atoms with Crippen LogP contribution in [0.4, 0.5) is 0 Å². The normalized spacial score (nSPS) is 11.0. The Morgan fingerprint density at radius 1 is 0.576 bits per heavy atom. The molecule has 0 aliphatic rings. The average molecular weight is 428 g/mol. The van der Waals surface area contributed by atoms with Crippen LogP contribution < -0.4 is 0 Å². The molecule has 5 rings (SSSR count). The number of hydrogen-bond donors (Lipinski definition) is 0. The summed E-state index contributed by atoms with van der Waals surface area (Å²) in [7, 11) is 0. The molecule has 0 unspecified atom stereocenters. The second-order valence-electron chi connectivity index (χ2n) is 7.54.